The van der Waals surface area contributed by atoms with Gasteiger partial charge in [-0.15, -0.1) is 0 Å². The molecule has 0 fully saturated rings. The summed E-state index contributed by atoms with van der Waals surface area (Å²) in [5, 5.41) is 18.3. The second kappa shape index (κ2) is 18.8. The number of carbonyl (C=O) groups is 1. The van der Waals surface area contributed by atoms with Gasteiger partial charge in [0.2, 0.25) is 0 Å². The Morgan fingerprint density at radius 2 is 1.59 bits per heavy atom. The van der Waals surface area contributed by atoms with Crippen LogP contribution in [0.4, 0.5) is 0 Å². The fourth-order valence-electron chi connectivity index (χ4n) is 2.36. The average molecular weight is 364 g/mol. The molecule has 1 atom stereocenters. The first kappa shape index (κ1) is 24.1. The van der Waals surface area contributed by atoms with Gasteiger partial charge in [0.1, 0.15) is 0 Å². The van der Waals surface area contributed by atoms with Gasteiger partial charge in [-0.3, -0.25) is 4.79 Å². The summed E-state index contributed by atoms with van der Waals surface area (Å²) < 4.78 is 0. The summed E-state index contributed by atoms with van der Waals surface area (Å²) >= 11 is 0. The number of rotatable bonds is 15. The van der Waals surface area contributed by atoms with E-state index < -0.39 is 5.97 Å². The summed E-state index contributed by atoms with van der Waals surface area (Å²) in [7, 11) is 0. The second-order valence-corrected chi connectivity index (χ2v) is 5.91. The van der Waals surface area contributed by atoms with Crippen molar-refractivity contribution in [2.45, 2.75) is 96.5 Å². The molecule has 0 aromatic carbocycles. The van der Waals surface area contributed by atoms with E-state index in [1.165, 1.54) is 25.7 Å². The van der Waals surface area contributed by atoms with Crippen LogP contribution in [-0.2, 0) is 24.3 Å². The smallest absolute Gasteiger partial charge is 0.303 e. The number of allylic oxidation sites excluding steroid dienone is 1. The molecule has 0 heterocycles. The Balaban J connectivity index is 0. The monoisotopic (exact) mass is 362 g/mol. The van der Waals surface area contributed by atoms with E-state index in [0.717, 1.165) is 51.4 Å². The van der Waals surface area contributed by atoms with Gasteiger partial charge >= 0.3 is 5.97 Å². The van der Waals surface area contributed by atoms with Crippen molar-refractivity contribution < 1.29 is 34.5 Å². The van der Waals surface area contributed by atoms with Gasteiger partial charge in [0.15, 0.2) is 0 Å². The number of hydrogen-bond donors (Lipinski definition) is 2. The van der Waals surface area contributed by atoms with E-state index in [-0.39, 0.29) is 25.6 Å². The maximum Gasteiger partial charge on any atom is 0.303 e. The third kappa shape index (κ3) is 19.8. The zero-order valence-electron chi connectivity index (χ0n) is 14.4. The number of carboxylic acid groups (broad SMARTS) is 1. The molecule has 0 unspecified atom stereocenters. The van der Waals surface area contributed by atoms with Gasteiger partial charge in [-0.25, -0.2) is 0 Å². The van der Waals surface area contributed by atoms with Gasteiger partial charge in [-0.2, -0.15) is 0 Å². The topological polar surface area (TPSA) is 57.5 Å². The molecule has 126 valence electrons. The number of aliphatic carboxylic acids is 1. The van der Waals surface area contributed by atoms with Crippen LogP contribution in [-0.4, -0.2) is 22.3 Å². The van der Waals surface area contributed by atoms with Gasteiger partial charge in [-0.1, -0.05) is 64.0 Å². The van der Waals surface area contributed by atoms with E-state index in [1.807, 2.05) is 0 Å². The zero-order chi connectivity index (χ0) is 15.8. The van der Waals surface area contributed by atoms with Crippen molar-refractivity contribution in [1.82, 2.24) is 0 Å². The summed E-state index contributed by atoms with van der Waals surface area (Å²) in [4.78, 5) is 10.3. The summed E-state index contributed by atoms with van der Waals surface area (Å²) in [6.45, 7) is 2.20. The summed E-state index contributed by atoms with van der Waals surface area (Å²) in [5.41, 5.74) is 0. The van der Waals surface area contributed by atoms with Crippen molar-refractivity contribution in [2.75, 3.05) is 0 Å². The van der Waals surface area contributed by atoms with Crippen LogP contribution in [0.2, 0.25) is 0 Å². The second-order valence-electron chi connectivity index (χ2n) is 5.91. The summed E-state index contributed by atoms with van der Waals surface area (Å²) in [5.74, 6) is -0.689. The molecule has 0 rings (SSSR count). The number of carboxylic acids is 1. The van der Waals surface area contributed by atoms with Gasteiger partial charge in [-0.05, 0) is 32.1 Å². The standard InChI is InChI=1S/C18H34O3.Zn/c1-2-3-4-11-14-17(19)15-12-9-7-5-6-8-10-13-16-18(20)21;/h9,12,17,19H,2-8,10-11,13-16H2,1H3,(H,20,21);/b12-9-;/t17-;/m1./s1. The van der Waals surface area contributed by atoms with E-state index in [4.69, 9.17) is 5.11 Å². The Morgan fingerprint density at radius 3 is 2.27 bits per heavy atom. The molecule has 0 saturated carbocycles. The Kier molecular flexibility index (Phi) is 20.6. The van der Waals surface area contributed by atoms with Crippen LogP contribution in [0, 0.1) is 0 Å². The first-order valence-corrected chi connectivity index (χ1v) is 8.71. The van der Waals surface area contributed by atoms with E-state index >= 15 is 0 Å². The van der Waals surface area contributed by atoms with Crippen molar-refractivity contribution in [3.8, 4) is 0 Å². The molecule has 2 N–H and O–H groups in total. The quantitative estimate of drug-likeness (QED) is 0.242. The van der Waals surface area contributed by atoms with E-state index in [1.54, 1.807) is 0 Å². The summed E-state index contributed by atoms with van der Waals surface area (Å²) in [6.07, 6.45) is 17.4. The fourth-order valence-corrected chi connectivity index (χ4v) is 2.36. The van der Waals surface area contributed by atoms with E-state index in [0.29, 0.717) is 6.42 Å². The number of aliphatic hydroxyl groups is 1. The SMILES string of the molecule is CCCCCC[C@@H](O)C/C=C\CCCCCCCC(=O)O.[Zn]. The van der Waals surface area contributed by atoms with Gasteiger partial charge in [0.25, 0.3) is 0 Å². The molecule has 4 heteroatoms. The molecule has 0 aliphatic heterocycles. The normalized spacial score (nSPS) is 12.3. The van der Waals surface area contributed by atoms with Crippen LogP contribution < -0.4 is 0 Å². The van der Waals surface area contributed by atoms with E-state index in [2.05, 4.69) is 19.1 Å². The molecule has 0 aliphatic carbocycles. The predicted molar refractivity (Wildman–Crippen MR) is 88.5 cm³/mol. The Bertz CT molecular complexity index is 267. The van der Waals surface area contributed by atoms with Gasteiger partial charge in [0.05, 0.1) is 6.10 Å². The average Bonchev–Trinajstić information content (AvgIpc) is 2.45. The van der Waals surface area contributed by atoms with E-state index in [9.17, 15) is 9.90 Å². The summed E-state index contributed by atoms with van der Waals surface area (Å²) in [6, 6.07) is 0. The molecule has 0 aliphatic rings. The number of unbranched alkanes of at least 4 members (excludes halogenated alkanes) is 8. The van der Waals surface area contributed by atoms with Crippen molar-refractivity contribution in [3.63, 3.8) is 0 Å². The molecule has 22 heavy (non-hydrogen) atoms. The minimum atomic E-state index is -0.689. The molecular weight excluding hydrogens is 330 g/mol. The molecule has 0 aromatic heterocycles. The maximum atomic E-state index is 10.3. The van der Waals surface area contributed by atoms with Crippen LogP contribution in [0.15, 0.2) is 12.2 Å². The third-order valence-electron chi connectivity index (χ3n) is 3.73. The van der Waals surface area contributed by atoms with Crippen molar-refractivity contribution in [1.29, 1.82) is 0 Å². The molecule has 0 bridgehead atoms. The van der Waals surface area contributed by atoms with Crippen LogP contribution >= 0.6 is 0 Å². The first-order chi connectivity index (χ1) is 10.2. The zero-order valence-corrected chi connectivity index (χ0v) is 17.4. The Labute approximate surface area is 149 Å². The van der Waals surface area contributed by atoms with Crippen molar-refractivity contribution in [3.05, 3.63) is 12.2 Å². The minimum Gasteiger partial charge on any atom is -0.481 e. The maximum absolute atomic E-state index is 10.3. The first-order valence-electron chi connectivity index (χ1n) is 8.71. The van der Waals surface area contributed by atoms with Gasteiger partial charge < -0.3 is 10.2 Å². The van der Waals surface area contributed by atoms with Crippen LogP contribution in [0.3, 0.4) is 0 Å². The molecular formula is C18H34O3Zn. The Hall–Kier alpha value is -0.207. The fraction of sp³-hybridized carbons (Fsp3) is 0.833. The largest absolute Gasteiger partial charge is 0.481 e. The minimum absolute atomic E-state index is 0. The molecule has 0 saturated heterocycles. The molecule has 0 amide bonds. The van der Waals surface area contributed by atoms with Crippen LogP contribution in [0.5, 0.6) is 0 Å². The molecule has 3 nitrogen and oxygen atoms in total. The van der Waals surface area contributed by atoms with Crippen LogP contribution in [0.1, 0.15) is 90.4 Å². The Morgan fingerprint density at radius 1 is 0.955 bits per heavy atom. The van der Waals surface area contributed by atoms with Gasteiger partial charge in [0, 0.05) is 25.9 Å². The third-order valence-corrected chi connectivity index (χ3v) is 3.73. The number of aliphatic hydroxyl groups excluding tert-OH is 1. The molecule has 0 spiro atoms. The molecule has 0 radical (unpaired) electrons. The predicted octanol–water partition coefficient (Wildman–Crippen LogP) is 5.08. The van der Waals surface area contributed by atoms with Crippen LogP contribution in [0.25, 0.3) is 0 Å². The molecule has 0 aromatic rings. The van der Waals surface area contributed by atoms with Crippen molar-refractivity contribution in [2.24, 2.45) is 0 Å². The van der Waals surface area contributed by atoms with Crippen molar-refractivity contribution >= 4 is 5.97 Å². The number of hydrogen-bond acceptors (Lipinski definition) is 2.